The Morgan fingerprint density at radius 2 is 2.14 bits per heavy atom. The summed E-state index contributed by atoms with van der Waals surface area (Å²) in [5.74, 6) is 1.08. The van der Waals surface area contributed by atoms with Crippen LogP contribution in [0.1, 0.15) is 12.4 Å². The smallest absolute Gasteiger partial charge is 0.277 e. The third-order valence-corrected chi connectivity index (χ3v) is 3.51. The molecule has 6 nitrogen and oxygen atoms in total. The lowest BCUT2D eigenvalue weighted by molar-refractivity contribution is 0.0678. The summed E-state index contributed by atoms with van der Waals surface area (Å²) in [6.45, 7) is -2.60. The van der Waals surface area contributed by atoms with Gasteiger partial charge in [0.15, 0.2) is 5.82 Å². The Kier molecular flexibility index (Phi) is 3.91. The third kappa shape index (κ3) is 3.07. The first-order valence-corrected chi connectivity index (χ1v) is 6.99. The van der Waals surface area contributed by atoms with Crippen molar-refractivity contribution in [3.63, 3.8) is 0 Å². The predicted octanol–water partition coefficient (Wildman–Crippen LogP) is 2.75. The molecule has 0 aromatic carbocycles. The lowest BCUT2D eigenvalue weighted by Crippen LogP contribution is -2.02. The van der Waals surface area contributed by atoms with Gasteiger partial charge in [-0.25, -0.2) is 4.98 Å². The summed E-state index contributed by atoms with van der Waals surface area (Å²) in [6.07, 6.45) is 4.25. The lowest BCUT2D eigenvalue weighted by Gasteiger charge is -2.04. The van der Waals surface area contributed by atoms with E-state index in [-0.39, 0.29) is 11.6 Å². The van der Waals surface area contributed by atoms with Crippen LogP contribution >= 0.6 is 11.8 Å². The Bertz CT molecular complexity index is 711. The van der Waals surface area contributed by atoms with Gasteiger partial charge in [0.2, 0.25) is 5.16 Å². The van der Waals surface area contributed by atoms with E-state index in [2.05, 4.69) is 25.1 Å². The fraction of sp³-hybridized carbons (Fsp3) is 0.167. The summed E-state index contributed by atoms with van der Waals surface area (Å²) in [6, 6.07) is 5.45. The second kappa shape index (κ2) is 6.00. The van der Waals surface area contributed by atoms with E-state index >= 15 is 0 Å². The summed E-state index contributed by atoms with van der Waals surface area (Å²) in [5, 5.41) is 7.26. The Morgan fingerprint density at radius 1 is 1.24 bits per heavy atom. The second-order valence-corrected chi connectivity index (χ2v) is 4.94. The molecule has 0 aliphatic heterocycles. The largest absolute Gasteiger partial charge is 0.319 e. The molecular weight excluding hydrogens is 298 g/mol. The molecule has 0 unspecified atom stereocenters. The number of hydrogen-bond acceptors (Lipinski definition) is 5. The van der Waals surface area contributed by atoms with Crippen molar-refractivity contribution in [3.8, 4) is 11.5 Å². The maximum atomic E-state index is 12.7. The van der Waals surface area contributed by atoms with Crippen LogP contribution in [0.2, 0.25) is 0 Å². The molecule has 0 fully saturated rings. The summed E-state index contributed by atoms with van der Waals surface area (Å²) in [4.78, 5) is 12.3. The summed E-state index contributed by atoms with van der Waals surface area (Å²) in [7, 11) is 0. The highest BCUT2D eigenvalue weighted by atomic mass is 32.2. The minimum Gasteiger partial charge on any atom is -0.277 e. The molecule has 0 spiro atoms. The normalized spacial score (nSPS) is 11.2. The summed E-state index contributed by atoms with van der Waals surface area (Å²) >= 11 is 1.23. The summed E-state index contributed by atoms with van der Waals surface area (Å²) in [5.41, 5.74) is 0.672. The zero-order valence-electron chi connectivity index (χ0n) is 10.6. The maximum Gasteiger partial charge on any atom is 0.319 e. The average Bonchev–Trinajstić information content (AvgIpc) is 3.15. The molecule has 108 valence electrons. The summed E-state index contributed by atoms with van der Waals surface area (Å²) < 4.78 is 26.2. The number of halogens is 2. The molecule has 0 amide bonds. The van der Waals surface area contributed by atoms with E-state index in [0.29, 0.717) is 16.7 Å². The van der Waals surface area contributed by atoms with Crippen LogP contribution in [0.3, 0.4) is 0 Å². The predicted molar refractivity (Wildman–Crippen MR) is 72.7 cm³/mol. The fourth-order valence-electron chi connectivity index (χ4n) is 1.69. The number of pyridine rings is 1. The van der Waals surface area contributed by atoms with E-state index in [1.165, 1.54) is 24.2 Å². The number of rotatable bonds is 5. The van der Waals surface area contributed by atoms with Crippen molar-refractivity contribution >= 4 is 11.8 Å². The lowest BCUT2D eigenvalue weighted by atomic mass is 10.3. The van der Waals surface area contributed by atoms with Crippen LogP contribution in [0.25, 0.3) is 11.5 Å². The number of imidazole rings is 1. The maximum absolute atomic E-state index is 12.7. The second-order valence-electron chi connectivity index (χ2n) is 4.00. The van der Waals surface area contributed by atoms with Gasteiger partial charge in [0.25, 0.3) is 0 Å². The fourth-order valence-corrected chi connectivity index (χ4v) is 2.44. The first-order valence-electron chi connectivity index (χ1n) is 6.00. The van der Waals surface area contributed by atoms with Gasteiger partial charge in [-0.2, -0.15) is 13.8 Å². The van der Waals surface area contributed by atoms with Gasteiger partial charge in [-0.1, -0.05) is 17.8 Å². The monoisotopic (exact) mass is 308 g/mol. The van der Waals surface area contributed by atoms with Crippen LogP contribution in [0.15, 0.2) is 41.9 Å². The number of nitrogens with zero attached hydrogens (tertiary/aromatic N) is 5. The van der Waals surface area contributed by atoms with Crippen molar-refractivity contribution < 1.29 is 8.78 Å². The Morgan fingerprint density at radius 3 is 2.90 bits per heavy atom. The molecule has 3 rings (SSSR count). The van der Waals surface area contributed by atoms with Crippen molar-refractivity contribution in [2.45, 2.75) is 17.5 Å². The Balaban J connectivity index is 1.69. The van der Waals surface area contributed by atoms with E-state index in [0.717, 1.165) is 4.57 Å². The third-order valence-electron chi connectivity index (χ3n) is 2.66. The highest BCUT2D eigenvalue weighted by Gasteiger charge is 2.13. The number of alkyl halides is 2. The van der Waals surface area contributed by atoms with Crippen molar-refractivity contribution in [2.24, 2.45) is 0 Å². The van der Waals surface area contributed by atoms with Gasteiger partial charge in [0.05, 0.1) is 5.75 Å². The molecule has 0 bridgehead atoms. The van der Waals surface area contributed by atoms with Crippen LogP contribution in [-0.2, 0) is 5.75 Å². The van der Waals surface area contributed by atoms with Crippen LogP contribution in [0, 0.1) is 0 Å². The van der Waals surface area contributed by atoms with Crippen LogP contribution in [0.4, 0.5) is 8.78 Å². The van der Waals surface area contributed by atoms with Gasteiger partial charge in [-0.15, -0.1) is 5.10 Å². The molecule has 0 saturated heterocycles. The Labute approximate surface area is 122 Å². The highest BCUT2D eigenvalue weighted by Crippen LogP contribution is 2.22. The molecule has 1 N–H and O–H groups in total. The van der Waals surface area contributed by atoms with Crippen LogP contribution in [-0.4, -0.2) is 29.7 Å². The van der Waals surface area contributed by atoms with Crippen molar-refractivity contribution in [3.05, 3.63) is 42.6 Å². The van der Waals surface area contributed by atoms with Crippen LogP contribution in [0.5, 0.6) is 0 Å². The van der Waals surface area contributed by atoms with Crippen molar-refractivity contribution in [1.82, 2.24) is 29.7 Å². The van der Waals surface area contributed by atoms with E-state index < -0.39 is 6.55 Å². The Hall–Kier alpha value is -2.29. The molecule has 0 saturated carbocycles. The molecular formula is C12H10F2N6S. The quantitative estimate of drug-likeness (QED) is 0.734. The van der Waals surface area contributed by atoms with Gasteiger partial charge >= 0.3 is 6.55 Å². The van der Waals surface area contributed by atoms with E-state index in [1.807, 2.05) is 6.07 Å². The van der Waals surface area contributed by atoms with Crippen molar-refractivity contribution in [2.75, 3.05) is 0 Å². The number of nitrogens with one attached hydrogen (secondary N) is 1. The molecule has 21 heavy (non-hydrogen) atoms. The highest BCUT2D eigenvalue weighted by molar-refractivity contribution is 7.98. The molecule has 0 radical (unpaired) electrons. The number of aromatic amines is 1. The molecule has 0 aliphatic rings. The van der Waals surface area contributed by atoms with Gasteiger partial charge in [-0.3, -0.25) is 14.6 Å². The van der Waals surface area contributed by atoms with E-state index in [1.54, 1.807) is 18.3 Å². The SMILES string of the molecule is FC(F)n1ccnc1CSc1n[nH]c(-c2ccccn2)n1. The average molecular weight is 308 g/mol. The molecule has 0 aliphatic carbocycles. The standard InChI is InChI=1S/C12H10F2N6S/c13-11(14)20-6-5-16-9(20)7-21-12-17-10(18-19-12)8-3-1-2-4-15-8/h1-6,11H,7H2,(H,17,18,19). The molecule has 3 heterocycles. The molecule has 9 heteroatoms. The molecule has 0 atom stereocenters. The number of H-pyrrole nitrogens is 1. The minimum atomic E-state index is -2.60. The zero-order valence-corrected chi connectivity index (χ0v) is 11.5. The first-order chi connectivity index (χ1) is 10.2. The topological polar surface area (TPSA) is 72.3 Å². The molecule has 3 aromatic heterocycles. The van der Waals surface area contributed by atoms with Gasteiger partial charge < -0.3 is 0 Å². The number of thioether (sulfide) groups is 1. The molecule has 3 aromatic rings. The zero-order chi connectivity index (χ0) is 14.7. The van der Waals surface area contributed by atoms with E-state index in [4.69, 9.17) is 0 Å². The van der Waals surface area contributed by atoms with Crippen molar-refractivity contribution in [1.29, 1.82) is 0 Å². The number of hydrogen-bond donors (Lipinski definition) is 1. The van der Waals surface area contributed by atoms with Gasteiger partial charge in [0.1, 0.15) is 11.5 Å². The first kappa shape index (κ1) is 13.7. The van der Waals surface area contributed by atoms with Crippen LogP contribution < -0.4 is 0 Å². The van der Waals surface area contributed by atoms with Gasteiger partial charge in [-0.05, 0) is 12.1 Å². The van der Waals surface area contributed by atoms with Gasteiger partial charge in [0, 0.05) is 18.6 Å². The number of aromatic nitrogens is 6. The van der Waals surface area contributed by atoms with E-state index in [9.17, 15) is 8.78 Å². The minimum absolute atomic E-state index is 0.261.